The molecule has 0 radical (unpaired) electrons. The number of benzene rings is 2. The van der Waals surface area contributed by atoms with Crippen molar-refractivity contribution in [1.29, 1.82) is 0 Å². The number of ether oxygens (including phenoxy) is 1. The van der Waals surface area contributed by atoms with Crippen molar-refractivity contribution < 1.29 is 9.15 Å². The quantitative estimate of drug-likeness (QED) is 0.147. The number of aromatic nitrogens is 2. The maximum Gasteiger partial charge on any atom is 0.336 e. The van der Waals surface area contributed by atoms with Crippen LogP contribution in [0.4, 0.5) is 0 Å². The van der Waals surface area contributed by atoms with Gasteiger partial charge in [-0.05, 0) is 56.0 Å². The van der Waals surface area contributed by atoms with Gasteiger partial charge in [0, 0.05) is 30.4 Å². The van der Waals surface area contributed by atoms with Gasteiger partial charge in [-0.3, -0.25) is 9.36 Å². The van der Waals surface area contributed by atoms with Crippen LogP contribution in [0.15, 0.2) is 67.7 Å². The molecule has 2 aromatic carbocycles. The summed E-state index contributed by atoms with van der Waals surface area (Å²) in [6.45, 7) is 7.15. The minimum absolute atomic E-state index is 0.0577. The van der Waals surface area contributed by atoms with Crippen molar-refractivity contribution in [2.24, 2.45) is 0 Å². The zero-order valence-corrected chi connectivity index (χ0v) is 20.0. The van der Waals surface area contributed by atoms with Crippen molar-refractivity contribution in [2.75, 3.05) is 6.61 Å². The highest BCUT2D eigenvalue weighted by molar-refractivity contribution is 7.98. The molecule has 4 aromatic rings. The first-order chi connectivity index (χ1) is 16.0. The van der Waals surface area contributed by atoms with Crippen LogP contribution in [0.2, 0.25) is 0 Å². The number of para-hydroxylation sites is 1. The third-order valence-electron chi connectivity index (χ3n) is 5.46. The maximum atomic E-state index is 13.2. The largest absolute Gasteiger partial charge is 0.423 e. The van der Waals surface area contributed by atoms with Crippen molar-refractivity contribution >= 4 is 33.6 Å². The summed E-state index contributed by atoms with van der Waals surface area (Å²) < 4.78 is 12.8. The Morgan fingerprint density at radius 2 is 1.91 bits per heavy atom. The number of fused-ring (bicyclic) bond motifs is 2. The van der Waals surface area contributed by atoms with E-state index in [4.69, 9.17) is 14.1 Å². The predicted octanol–water partition coefficient (Wildman–Crippen LogP) is 5.17. The number of aryl methyl sites for hydroxylation is 1. The summed E-state index contributed by atoms with van der Waals surface area (Å²) in [5.41, 5.74) is 2.81. The molecule has 7 heteroatoms. The standard InChI is InChI=1S/C26H28N2O4S/c1-4-18-10-11-20-19(15-24(29)32-23(20)14-18)16-33-26-27-22-9-6-5-8-21(22)25(30)28(26)12-7-13-31-17(2)3/h5-6,8-11,14-15,17H,4,7,12-13,16H2,1-3H3. The summed E-state index contributed by atoms with van der Waals surface area (Å²) in [6.07, 6.45) is 1.73. The van der Waals surface area contributed by atoms with Gasteiger partial charge in [-0.25, -0.2) is 9.78 Å². The lowest BCUT2D eigenvalue weighted by Crippen LogP contribution is -2.24. The molecule has 2 aromatic heterocycles. The van der Waals surface area contributed by atoms with Crippen LogP contribution in [-0.2, 0) is 23.5 Å². The maximum absolute atomic E-state index is 13.2. The minimum Gasteiger partial charge on any atom is -0.423 e. The second-order valence-corrected chi connectivity index (χ2v) is 9.15. The Balaban J connectivity index is 1.67. The summed E-state index contributed by atoms with van der Waals surface area (Å²) in [6, 6.07) is 14.9. The van der Waals surface area contributed by atoms with Crippen LogP contribution in [0, 0.1) is 0 Å². The average molecular weight is 465 g/mol. The van der Waals surface area contributed by atoms with E-state index in [0.717, 1.165) is 22.9 Å². The van der Waals surface area contributed by atoms with Gasteiger partial charge in [0.1, 0.15) is 5.58 Å². The van der Waals surface area contributed by atoms with E-state index in [1.54, 1.807) is 4.57 Å². The molecule has 33 heavy (non-hydrogen) atoms. The first kappa shape index (κ1) is 23.3. The first-order valence-electron chi connectivity index (χ1n) is 11.3. The fraction of sp³-hybridized carbons (Fsp3) is 0.346. The Morgan fingerprint density at radius 1 is 1.09 bits per heavy atom. The summed E-state index contributed by atoms with van der Waals surface area (Å²) in [5.74, 6) is 0.501. The van der Waals surface area contributed by atoms with Gasteiger partial charge in [-0.2, -0.15) is 0 Å². The third kappa shape index (κ3) is 5.37. The SMILES string of the molecule is CCc1ccc2c(CSc3nc4ccccc4c(=O)n3CCCOC(C)C)cc(=O)oc2c1. The molecule has 0 aliphatic carbocycles. The number of thioether (sulfide) groups is 1. The molecule has 0 fully saturated rings. The van der Waals surface area contributed by atoms with Crippen molar-refractivity contribution in [3.05, 3.63) is 80.4 Å². The van der Waals surface area contributed by atoms with E-state index >= 15 is 0 Å². The van der Waals surface area contributed by atoms with E-state index in [1.165, 1.54) is 17.8 Å². The van der Waals surface area contributed by atoms with Crippen LogP contribution in [0.5, 0.6) is 0 Å². The second kappa shape index (κ2) is 10.4. The summed E-state index contributed by atoms with van der Waals surface area (Å²) >= 11 is 1.46. The lowest BCUT2D eigenvalue weighted by molar-refractivity contribution is 0.0743. The molecular weight excluding hydrogens is 436 g/mol. The highest BCUT2D eigenvalue weighted by atomic mass is 32.2. The minimum atomic E-state index is -0.374. The average Bonchev–Trinajstić information content (AvgIpc) is 2.80. The molecular formula is C26H28N2O4S. The zero-order chi connectivity index (χ0) is 23.4. The van der Waals surface area contributed by atoms with Gasteiger partial charge in [0.2, 0.25) is 0 Å². The fourth-order valence-electron chi connectivity index (χ4n) is 3.75. The third-order valence-corrected chi connectivity index (χ3v) is 6.49. The Kier molecular flexibility index (Phi) is 7.30. The van der Waals surface area contributed by atoms with Crippen molar-refractivity contribution in [1.82, 2.24) is 9.55 Å². The molecule has 0 saturated carbocycles. The molecule has 0 spiro atoms. The van der Waals surface area contributed by atoms with E-state index < -0.39 is 0 Å². The van der Waals surface area contributed by atoms with Crippen LogP contribution in [0.3, 0.4) is 0 Å². The monoisotopic (exact) mass is 464 g/mol. The van der Waals surface area contributed by atoms with E-state index in [1.807, 2.05) is 50.2 Å². The first-order valence-corrected chi connectivity index (χ1v) is 12.2. The molecule has 6 nitrogen and oxygen atoms in total. The number of hydrogen-bond donors (Lipinski definition) is 0. The van der Waals surface area contributed by atoms with Crippen LogP contribution in [-0.4, -0.2) is 22.3 Å². The van der Waals surface area contributed by atoms with Crippen LogP contribution in [0.25, 0.3) is 21.9 Å². The summed E-state index contributed by atoms with van der Waals surface area (Å²) in [7, 11) is 0. The molecule has 0 aliphatic rings. The predicted molar refractivity (Wildman–Crippen MR) is 133 cm³/mol. The molecule has 0 N–H and O–H groups in total. The van der Waals surface area contributed by atoms with E-state index in [2.05, 4.69) is 13.0 Å². The van der Waals surface area contributed by atoms with Crippen LogP contribution >= 0.6 is 11.8 Å². The lowest BCUT2D eigenvalue weighted by Gasteiger charge is -2.14. The van der Waals surface area contributed by atoms with E-state index in [0.29, 0.717) is 47.0 Å². The van der Waals surface area contributed by atoms with Crippen molar-refractivity contribution in [3.63, 3.8) is 0 Å². The normalized spacial score (nSPS) is 11.6. The van der Waals surface area contributed by atoms with Gasteiger partial charge in [-0.1, -0.05) is 43.0 Å². The fourth-order valence-corrected chi connectivity index (χ4v) is 4.77. The Bertz CT molecular complexity index is 1390. The number of rotatable bonds is 9. The Labute approximate surface area is 196 Å². The van der Waals surface area contributed by atoms with Crippen LogP contribution < -0.4 is 11.2 Å². The molecule has 172 valence electrons. The molecule has 0 amide bonds. The number of nitrogens with zero attached hydrogens (tertiary/aromatic N) is 2. The number of hydrogen-bond acceptors (Lipinski definition) is 6. The summed E-state index contributed by atoms with van der Waals surface area (Å²) in [5, 5.41) is 2.14. The van der Waals surface area contributed by atoms with Gasteiger partial charge in [0.05, 0.1) is 17.0 Å². The van der Waals surface area contributed by atoms with Gasteiger partial charge in [-0.15, -0.1) is 0 Å². The Morgan fingerprint density at radius 3 is 2.70 bits per heavy atom. The highest BCUT2D eigenvalue weighted by Gasteiger charge is 2.14. The van der Waals surface area contributed by atoms with Crippen LogP contribution in [0.1, 0.15) is 38.3 Å². The Hall–Kier alpha value is -2.90. The van der Waals surface area contributed by atoms with Gasteiger partial charge in [0.15, 0.2) is 5.16 Å². The molecule has 0 saturated heterocycles. The molecule has 0 aliphatic heterocycles. The van der Waals surface area contributed by atoms with Crippen molar-refractivity contribution in [3.8, 4) is 0 Å². The molecule has 0 atom stereocenters. The smallest absolute Gasteiger partial charge is 0.336 e. The highest BCUT2D eigenvalue weighted by Crippen LogP contribution is 2.27. The zero-order valence-electron chi connectivity index (χ0n) is 19.2. The molecule has 0 unspecified atom stereocenters. The topological polar surface area (TPSA) is 74.3 Å². The van der Waals surface area contributed by atoms with Gasteiger partial charge >= 0.3 is 5.63 Å². The van der Waals surface area contributed by atoms with E-state index in [-0.39, 0.29) is 17.3 Å². The second-order valence-electron chi connectivity index (χ2n) is 8.20. The molecule has 2 heterocycles. The molecule has 4 rings (SSSR count). The van der Waals surface area contributed by atoms with E-state index in [9.17, 15) is 9.59 Å². The lowest BCUT2D eigenvalue weighted by atomic mass is 10.1. The van der Waals surface area contributed by atoms with Gasteiger partial charge in [0.25, 0.3) is 5.56 Å². The van der Waals surface area contributed by atoms with Gasteiger partial charge < -0.3 is 9.15 Å². The summed E-state index contributed by atoms with van der Waals surface area (Å²) in [4.78, 5) is 30.2. The molecule has 0 bridgehead atoms. The van der Waals surface area contributed by atoms with Crippen molar-refractivity contribution in [2.45, 2.75) is 57.2 Å².